The molecule has 1 aliphatic heterocycles. The van der Waals surface area contributed by atoms with Crippen molar-refractivity contribution in [1.29, 1.82) is 0 Å². The van der Waals surface area contributed by atoms with E-state index in [1.54, 1.807) is 14.2 Å². The standard InChI is InChI=1S/C23H19NO2/c1-25-18-14-12-17(13-15-18)21(16-8-4-3-5-9-16)22-19-10-6-7-11-20(19)23(24-22)26-2/h3-15H,1-2H3/b22-21-. The molecule has 0 N–H and O–H groups in total. The summed E-state index contributed by atoms with van der Waals surface area (Å²) >= 11 is 0. The Morgan fingerprint density at radius 1 is 0.654 bits per heavy atom. The number of methoxy groups -OCH3 is 2. The topological polar surface area (TPSA) is 30.8 Å². The fourth-order valence-electron chi connectivity index (χ4n) is 3.25. The summed E-state index contributed by atoms with van der Waals surface area (Å²) in [6.07, 6.45) is 0. The minimum Gasteiger partial charge on any atom is -0.497 e. The van der Waals surface area contributed by atoms with Gasteiger partial charge in [-0.15, -0.1) is 0 Å². The third kappa shape index (κ3) is 2.78. The molecule has 26 heavy (non-hydrogen) atoms. The van der Waals surface area contributed by atoms with Gasteiger partial charge in [-0.3, -0.25) is 0 Å². The van der Waals surface area contributed by atoms with Crippen LogP contribution in [0.1, 0.15) is 22.3 Å². The van der Waals surface area contributed by atoms with Gasteiger partial charge in [0.25, 0.3) is 0 Å². The summed E-state index contributed by atoms with van der Waals surface area (Å²) in [5.74, 6) is 1.48. The molecule has 0 spiro atoms. The smallest absolute Gasteiger partial charge is 0.221 e. The highest BCUT2D eigenvalue weighted by Crippen LogP contribution is 2.38. The fraction of sp³-hybridized carbons (Fsp3) is 0.0870. The second-order valence-corrected chi connectivity index (χ2v) is 5.98. The van der Waals surface area contributed by atoms with Crippen molar-refractivity contribution in [3.8, 4) is 5.75 Å². The molecule has 0 aliphatic carbocycles. The zero-order valence-electron chi connectivity index (χ0n) is 14.8. The molecule has 3 aromatic carbocycles. The molecule has 1 aliphatic rings. The molecule has 0 amide bonds. The van der Waals surface area contributed by atoms with Crippen LogP contribution in [0.2, 0.25) is 0 Å². The Balaban J connectivity index is 1.99. The van der Waals surface area contributed by atoms with Gasteiger partial charge in [-0.1, -0.05) is 60.7 Å². The van der Waals surface area contributed by atoms with Gasteiger partial charge in [0.15, 0.2) is 0 Å². The minimum atomic E-state index is 0.651. The predicted octanol–water partition coefficient (Wildman–Crippen LogP) is 5.02. The molecule has 0 fully saturated rings. The van der Waals surface area contributed by atoms with E-state index >= 15 is 0 Å². The Morgan fingerprint density at radius 2 is 1.27 bits per heavy atom. The lowest BCUT2D eigenvalue weighted by atomic mass is 9.93. The van der Waals surface area contributed by atoms with E-state index in [-0.39, 0.29) is 0 Å². The first-order chi connectivity index (χ1) is 12.8. The maximum atomic E-state index is 5.52. The van der Waals surface area contributed by atoms with Crippen molar-refractivity contribution in [2.45, 2.75) is 0 Å². The average Bonchev–Trinajstić information content (AvgIpc) is 3.08. The molecule has 0 aromatic heterocycles. The van der Waals surface area contributed by atoms with E-state index in [1.807, 2.05) is 48.5 Å². The highest BCUT2D eigenvalue weighted by Gasteiger charge is 2.24. The molecule has 3 heteroatoms. The number of benzene rings is 3. The van der Waals surface area contributed by atoms with Crippen molar-refractivity contribution < 1.29 is 9.47 Å². The zero-order valence-corrected chi connectivity index (χ0v) is 14.8. The van der Waals surface area contributed by atoms with Gasteiger partial charge in [0, 0.05) is 16.7 Å². The van der Waals surface area contributed by atoms with E-state index in [0.29, 0.717) is 5.90 Å². The Morgan fingerprint density at radius 3 is 1.92 bits per heavy atom. The largest absolute Gasteiger partial charge is 0.497 e. The van der Waals surface area contributed by atoms with E-state index in [0.717, 1.165) is 39.3 Å². The summed E-state index contributed by atoms with van der Waals surface area (Å²) < 4.78 is 10.8. The van der Waals surface area contributed by atoms with E-state index in [2.05, 4.69) is 30.3 Å². The third-order valence-electron chi connectivity index (χ3n) is 4.50. The molecule has 0 saturated carbocycles. The highest BCUT2D eigenvalue weighted by molar-refractivity contribution is 6.13. The van der Waals surface area contributed by atoms with Crippen molar-refractivity contribution >= 4 is 17.2 Å². The minimum absolute atomic E-state index is 0.651. The van der Waals surface area contributed by atoms with Crippen molar-refractivity contribution in [3.05, 3.63) is 101 Å². The van der Waals surface area contributed by atoms with Gasteiger partial charge in [-0.2, -0.15) is 0 Å². The van der Waals surface area contributed by atoms with Crippen LogP contribution in [0, 0.1) is 0 Å². The molecule has 0 bridgehead atoms. The molecule has 0 unspecified atom stereocenters. The van der Waals surface area contributed by atoms with Gasteiger partial charge in [0.1, 0.15) is 5.75 Å². The van der Waals surface area contributed by atoms with Gasteiger partial charge in [-0.05, 0) is 29.3 Å². The van der Waals surface area contributed by atoms with Crippen LogP contribution >= 0.6 is 0 Å². The van der Waals surface area contributed by atoms with Crippen molar-refractivity contribution in [3.63, 3.8) is 0 Å². The molecule has 4 rings (SSSR count). The number of hydrogen-bond donors (Lipinski definition) is 0. The average molecular weight is 341 g/mol. The van der Waals surface area contributed by atoms with Crippen LogP contribution in [0.25, 0.3) is 11.3 Å². The van der Waals surface area contributed by atoms with Gasteiger partial charge in [0.05, 0.1) is 19.9 Å². The summed E-state index contributed by atoms with van der Waals surface area (Å²) in [4.78, 5) is 4.81. The monoisotopic (exact) mass is 341 g/mol. The van der Waals surface area contributed by atoms with Crippen LogP contribution in [-0.4, -0.2) is 20.1 Å². The number of nitrogens with zero attached hydrogens (tertiary/aromatic N) is 1. The molecular formula is C23H19NO2. The molecular weight excluding hydrogens is 322 g/mol. The second-order valence-electron chi connectivity index (χ2n) is 5.98. The fourth-order valence-corrected chi connectivity index (χ4v) is 3.25. The molecule has 3 nitrogen and oxygen atoms in total. The molecule has 0 radical (unpaired) electrons. The lowest BCUT2D eigenvalue weighted by molar-refractivity contribution is 0.406. The Labute approximate surface area is 153 Å². The van der Waals surface area contributed by atoms with Crippen molar-refractivity contribution in [2.24, 2.45) is 4.99 Å². The molecule has 0 atom stereocenters. The molecule has 3 aromatic rings. The van der Waals surface area contributed by atoms with Crippen molar-refractivity contribution in [1.82, 2.24) is 0 Å². The number of rotatable bonds is 3. The first kappa shape index (κ1) is 16.2. The summed E-state index contributed by atoms with van der Waals surface area (Å²) in [6.45, 7) is 0. The number of aliphatic imine (C=N–C) groups is 1. The first-order valence-corrected chi connectivity index (χ1v) is 8.48. The Bertz CT molecular complexity index is 986. The number of fused-ring (bicyclic) bond motifs is 1. The normalized spacial score (nSPS) is 14.5. The highest BCUT2D eigenvalue weighted by atomic mass is 16.5. The van der Waals surface area contributed by atoms with E-state index in [9.17, 15) is 0 Å². The van der Waals surface area contributed by atoms with Crippen LogP contribution in [-0.2, 0) is 4.74 Å². The maximum Gasteiger partial charge on any atom is 0.221 e. The molecule has 1 heterocycles. The van der Waals surface area contributed by atoms with Gasteiger partial charge in [0.2, 0.25) is 5.90 Å². The number of ether oxygens (including phenoxy) is 2. The van der Waals surface area contributed by atoms with Gasteiger partial charge < -0.3 is 9.47 Å². The predicted molar refractivity (Wildman–Crippen MR) is 105 cm³/mol. The molecule has 128 valence electrons. The van der Waals surface area contributed by atoms with Crippen LogP contribution in [0.3, 0.4) is 0 Å². The van der Waals surface area contributed by atoms with Crippen LogP contribution in [0.5, 0.6) is 5.75 Å². The van der Waals surface area contributed by atoms with E-state index < -0.39 is 0 Å². The lowest BCUT2D eigenvalue weighted by Crippen LogP contribution is -1.99. The van der Waals surface area contributed by atoms with Crippen LogP contribution in [0.4, 0.5) is 0 Å². The zero-order chi connectivity index (χ0) is 17.9. The van der Waals surface area contributed by atoms with Crippen LogP contribution in [0.15, 0.2) is 83.9 Å². The van der Waals surface area contributed by atoms with Gasteiger partial charge >= 0.3 is 0 Å². The van der Waals surface area contributed by atoms with E-state index in [4.69, 9.17) is 14.5 Å². The Hall–Kier alpha value is -3.33. The molecule has 0 saturated heterocycles. The third-order valence-corrected chi connectivity index (χ3v) is 4.50. The Kier molecular flexibility index (Phi) is 4.28. The lowest BCUT2D eigenvalue weighted by Gasteiger charge is -2.12. The maximum absolute atomic E-state index is 5.52. The quantitative estimate of drug-likeness (QED) is 0.670. The van der Waals surface area contributed by atoms with E-state index in [1.165, 1.54) is 0 Å². The summed E-state index contributed by atoms with van der Waals surface area (Å²) in [5, 5.41) is 0. The SMILES string of the molecule is COC1=N/C(=C(/c2ccccc2)c2ccc(OC)cc2)c2ccccc21. The number of hydrogen-bond acceptors (Lipinski definition) is 3. The first-order valence-electron chi connectivity index (χ1n) is 8.48. The summed E-state index contributed by atoms with van der Waals surface area (Å²) in [5.41, 5.74) is 6.30. The van der Waals surface area contributed by atoms with Crippen molar-refractivity contribution in [2.75, 3.05) is 14.2 Å². The summed E-state index contributed by atoms with van der Waals surface area (Å²) in [7, 11) is 3.34. The summed E-state index contributed by atoms with van der Waals surface area (Å²) in [6, 6.07) is 26.6. The van der Waals surface area contributed by atoms with Crippen LogP contribution < -0.4 is 4.74 Å². The second kappa shape index (κ2) is 6.89. The van der Waals surface area contributed by atoms with Gasteiger partial charge in [-0.25, -0.2) is 4.99 Å².